The Morgan fingerprint density at radius 2 is 1.85 bits per heavy atom. The Labute approximate surface area is 121 Å². The fraction of sp³-hybridized carbons (Fsp3) is 0.600. The van der Waals surface area contributed by atoms with Crippen LogP contribution >= 0.6 is 0 Å². The third kappa shape index (κ3) is 3.15. The summed E-state index contributed by atoms with van der Waals surface area (Å²) in [5.74, 6) is 0.451. The maximum atomic E-state index is 12.6. The van der Waals surface area contributed by atoms with Crippen LogP contribution in [0.4, 0.5) is 5.69 Å². The molecule has 0 radical (unpaired) electrons. The highest BCUT2D eigenvalue weighted by atomic mass is 32.2. The van der Waals surface area contributed by atoms with E-state index in [9.17, 15) is 8.42 Å². The van der Waals surface area contributed by atoms with Crippen LogP contribution in [0.15, 0.2) is 17.0 Å². The van der Waals surface area contributed by atoms with Crippen molar-refractivity contribution in [1.29, 1.82) is 0 Å². The van der Waals surface area contributed by atoms with Crippen molar-refractivity contribution in [2.24, 2.45) is 5.92 Å². The number of anilines is 1. The molecule has 0 aliphatic heterocycles. The molecule has 1 aliphatic carbocycles. The fourth-order valence-corrected chi connectivity index (χ4v) is 4.66. The van der Waals surface area contributed by atoms with Gasteiger partial charge in [-0.1, -0.05) is 12.8 Å². The highest BCUT2D eigenvalue weighted by Gasteiger charge is 2.27. The smallest absolute Gasteiger partial charge is 0.241 e. The normalized spacial score (nSPS) is 18.4. The summed E-state index contributed by atoms with van der Waals surface area (Å²) in [5.41, 5.74) is 7.90. The van der Waals surface area contributed by atoms with E-state index in [1.54, 1.807) is 19.1 Å². The molecule has 0 spiro atoms. The largest absolute Gasteiger partial charge is 0.398 e. The van der Waals surface area contributed by atoms with Crippen LogP contribution in [0.5, 0.6) is 0 Å². The Morgan fingerprint density at radius 1 is 1.25 bits per heavy atom. The first-order valence-electron chi connectivity index (χ1n) is 7.20. The molecule has 0 saturated heterocycles. The second kappa shape index (κ2) is 5.74. The van der Waals surface area contributed by atoms with E-state index in [0.717, 1.165) is 18.4 Å². The topological polar surface area (TPSA) is 72.2 Å². The highest BCUT2D eigenvalue weighted by Crippen LogP contribution is 2.29. The van der Waals surface area contributed by atoms with Gasteiger partial charge in [-0.3, -0.25) is 0 Å². The van der Waals surface area contributed by atoms with Gasteiger partial charge in [0.1, 0.15) is 0 Å². The van der Waals surface area contributed by atoms with E-state index < -0.39 is 10.0 Å². The third-order valence-corrected chi connectivity index (χ3v) is 5.97. The quantitative estimate of drug-likeness (QED) is 0.839. The van der Waals surface area contributed by atoms with Crippen LogP contribution in [0.3, 0.4) is 0 Å². The molecule has 0 amide bonds. The summed E-state index contributed by atoms with van der Waals surface area (Å²) in [6.45, 7) is 5.57. The number of sulfonamides is 1. The molecule has 1 aliphatic rings. The minimum Gasteiger partial charge on any atom is -0.398 e. The summed E-state index contributed by atoms with van der Waals surface area (Å²) >= 11 is 0. The van der Waals surface area contributed by atoms with Gasteiger partial charge in [0.05, 0.1) is 4.90 Å². The summed E-state index contributed by atoms with van der Waals surface area (Å²) in [6, 6.07) is 3.47. The predicted molar refractivity (Wildman–Crippen MR) is 82.1 cm³/mol. The molecule has 1 aromatic carbocycles. The standard InChI is InChI=1S/C15H24N2O2S/c1-10-8-14(16)11(2)15(9-10)20(18,19)17-12(3)13-6-4-5-7-13/h8-9,12-13,17H,4-7,16H2,1-3H3. The first-order chi connectivity index (χ1) is 9.31. The van der Waals surface area contributed by atoms with Crippen LogP contribution < -0.4 is 10.5 Å². The first-order valence-corrected chi connectivity index (χ1v) is 8.68. The zero-order chi connectivity index (χ0) is 14.9. The van der Waals surface area contributed by atoms with E-state index in [2.05, 4.69) is 4.72 Å². The van der Waals surface area contributed by atoms with Crippen LogP contribution in [-0.2, 0) is 10.0 Å². The average molecular weight is 296 g/mol. The van der Waals surface area contributed by atoms with Gasteiger partial charge in [0, 0.05) is 11.7 Å². The van der Waals surface area contributed by atoms with E-state index in [1.165, 1.54) is 12.8 Å². The lowest BCUT2D eigenvalue weighted by Gasteiger charge is -2.21. The zero-order valence-electron chi connectivity index (χ0n) is 12.4. The maximum absolute atomic E-state index is 12.6. The molecule has 0 heterocycles. The van der Waals surface area contributed by atoms with Crippen LogP contribution in [-0.4, -0.2) is 14.5 Å². The van der Waals surface area contributed by atoms with Gasteiger partial charge < -0.3 is 5.73 Å². The lowest BCUT2D eigenvalue weighted by Crippen LogP contribution is -2.37. The number of hydrogen-bond donors (Lipinski definition) is 2. The molecule has 1 fully saturated rings. The van der Waals surface area contributed by atoms with Gasteiger partial charge in [-0.2, -0.15) is 0 Å². The van der Waals surface area contributed by atoms with Gasteiger partial charge in [0.25, 0.3) is 0 Å². The summed E-state index contributed by atoms with van der Waals surface area (Å²) in [7, 11) is -3.50. The SMILES string of the molecule is Cc1cc(N)c(C)c(S(=O)(=O)NC(C)C2CCCC2)c1. The van der Waals surface area contributed by atoms with E-state index >= 15 is 0 Å². The molecule has 1 saturated carbocycles. The van der Waals surface area contributed by atoms with Crippen molar-refractivity contribution in [3.63, 3.8) is 0 Å². The molecular formula is C15H24N2O2S. The van der Waals surface area contributed by atoms with Crippen LogP contribution in [0.1, 0.15) is 43.7 Å². The fourth-order valence-electron chi connectivity index (χ4n) is 2.99. The van der Waals surface area contributed by atoms with Crippen molar-refractivity contribution in [1.82, 2.24) is 4.72 Å². The summed E-state index contributed by atoms with van der Waals surface area (Å²) in [6.07, 6.45) is 4.62. The molecule has 4 nitrogen and oxygen atoms in total. The molecule has 2 rings (SSSR count). The zero-order valence-corrected chi connectivity index (χ0v) is 13.3. The average Bonchev–Trinajstić information content (AvgIpc) is 2.86. The minimum atomic E-state index is -3.50. The number of hydrogen-bond acceptors (Lipinski definition) is 3. The van der Waals surface area contributed by atoms with Gasteiger partial charge in [-0.15, -0.1) is 0 Å². The third-order valence-electron chi connectivity index (χ3n) is 4.28. The van der Waals surface area contributed by atoms with Crippen molar-refractivity contribution in [2.75, 3.05) is 5.73 Å². The summed E-state index contributed by atoms with van der Waals surface area (Å²) in [4.78, 5) is 0.305. The lowest BCUT2D eigenvalue weighted by atomic mass is 10.0. The van der Waals surface area contributed by atoms with Gasteiger partial charge in [0.2, 0.25) is 10.0 Å². The van der Waals surface area contributed by atoms with Crippen molar-refractivity contribution in [3.05, 3.63) is 23.3 Å². The van der Waals surface area contributed by atoms with Crippen molar-refractivity contribution in [2.45, 2.75) is 57.4 Å². The van der Waals surface area contributed by atoms with Crippen LogP contribution in [0.25, 0.3) is 0 Å². The van der Waals surface area contributed by atoms with Gasteiger partial charge in [-0.25, -0.2) is 13.1 Å². The molecule has 3 N–H and O–H groups in total. The predicted octanol–water partition coefficient (Wildman–Crippen LogP) is 2.74. The molecule has 5 heteroatoms. The Balaban J connectivity index is 2.26. The Hall–Kier alpha value is -1.07. The number of rotatable bonds is 4. The first kappa shape index (κ1) is 15.3. The van der Waals surface area contributed by atoms with E-state index in [4.69, 9.17) is 5.73 Å². The van der Waals surface area contributed by atoms with Crippen molar-refractivity contribution < 1.29 is 8.42 Å². The number of nitrogen functional groups attached to an aromatic ring is 1. The monoisotopic (exact) mass is 296 g/mol. The molecule has 0 aromatic heterocycles. The lowest BCUT2D eigenvalue weighted by molar-refractivity contribution is 0.424. The summed E-state index contributed by atoms with van der Waals surface area (Å²) in [5, 5.41) is 0. The molecule has 1 unspecified atom stereocenters. The minimum absolute atomic E-state index is 0.0244. The second-order valence-corrected chi connectivity index (χ2v) is 7.61. The van der Waals surface area contributed by atoms with E-state index in [0.29, 0.717) is 22.1 Å². The number of benzene rings is 1. The molecule has 1 atom stereocenters. The molecule has 1 aromatic rings. The number of nitrogens with two attached hydrogens (primary N) is 1. The van der Waals surface area contributed by atoms with Crippen molar-refractivity contribution >= 4 is 15.7 Å². The number of nitrogens with one attached hydrogen (secondary N) is 1. The van der Waals surface area contributed by atoms with Gasteiger partial charge in [0.15, 0.2) is 0 Å². The number of aryl methyl sites for hydroxylation is 1. The Kier molecular flexibility index (Phi) is 4.39. The van der Waals surface area contributed by atoms with Gasteiger partial charge in [-0.05, 0) is 62.8 Å². The highest BCUT2D eigenvalue weighted by molar-refractivity contribution is 7.89. The Morgan fingerprint density at radius 3 is 2.45 bits per heavy atom. The van der Waals surface area contributed by atoms with Crippen molar-refractivity contribution in [3.8, 4) is 0 Å². The van der Waals surface area contributed by atoms with E-state index in [-0.39, 0.29) is 6.04 Å². The molecule has 0 bridgehead atoms. The molecular weight excluding hydrogens is 272 g/mol. The van der Waals surface area contributed by atoms with E-state index in [1.807, 2.05) is 13.8 Å². The van der Waals surface area contributed by atoms with Crippen LogP contribution in [0, 0.1) is 19.8 Å². The van der Waals surface area contributed by atoms with Gasteiger partial charge >= 0.3 is 0 Å². The second-order valence-electron chi connectivity index (χ2n) is 5.93. The van der Waals surface area contributed by atoms with Crippen LogP contribution in [0.2, 0.25) is 0 Å². The maximum Gasteiger partial charge on any atom is 0.241 e. The Bertz CT molecular complexity index is 590. The molecule has 20 heavy (non-hydrogen) atoms. The molecule has 112 valence electrons. The summed E-state index contributed by atoms with van der Waals surface area (Å²) < 4.78 is 27.9.